The molecule has 5 nitrogen and oxygen atoms in total. The highest BCUT2D eigenvalue weighted by molar-refractivity contribution is 6.02. The van der Waals surface area contributed by atoms with Crippen LogP contribution in [-0.4, -0.2) is 36.7 Å². The molecule has 0 fully saturated rings. The first-order valence-corrected chi connectivity index (χ1v) is 7.28. The molecule has 0 bridgehead atoms. The lowest BCUT2D eigenvalue weighted by Gasteiger charge is -2.06. The second kappa shape index (κ2) is 11.9. The van der Waals surface area contributed by atoms with Gasteiger partial charge in [0, 0.05) is 0 Å². The summed E-state index contributed by atoms with van der Waals surface area (Å²) in [5.74, 6) is -1.70. The van der Waals surface area contributed by atoms with Crippen molar-refractivity contribution in [3.8, 4) is 0 Å². The second-order valence-electron chi connectivity index (χ2n) is 4.30. The first-order chi connectivity index (χ1) is 10.1. The molecule has 2 N–H and O–H groups in total. The zero-order valence-corrected chi connectivity index (χ0v) is 13.0. The summed E-state index contributed by atoms with van der Waals surface area (Å²) in [6, 6.07) is 6.03. The molecule has 0 unspecified atom stereocenters. The summed E-state index contributed by atoms with van der Waals surface area (Å²) in [4.78, 5) is 22.4. The van der Waals surface area contributed by atoms with Gasteiger partial charge in [0.05, 0.1) is 17.7 Å². The first-order valence-electron chi connectivity index (χ1n) is 7.28. The maximum absolute atomic E-state index is 11.6. The predicted octanol–water partition coefficient (Wildman–Crippen LogP) is 2.96. The highest BCUT2D eigenvalue weighted by Gasteiger charge is 2.16. The van der Waals surface area contributed by atoms with Crippen molar-refractivity contribution in [1.82, 2.24) is 5.32 Å². The Bertz CT molecular complexity index is 430. The van der Waals surface area contributed by atoms with Crippen LogP contribution in [0.3, 0.4) is 0 Å². The Morgan fingerprint density at radius 2 is 1.67 bits per heavy atom. The largest absolute Gasteiger partial charge is 0.478 e. The van der Waals surface area contributed by atoms with Crippen LogP contribution in [0.1, 0.15) is 54.3 Å². The molecular formula is C16H25NO4. The normalized spacial score (nSPS) is 9.48. The molecule has 0 saturated heterocycles. The highest BCUT2D eigenvalue weighted by atomic mass is 16.5. The third kappa shape index (κ3) is 8.09. The van der Waals surface area contributed by atoms with Crippen molar-refractivity contribution in [2.24, 2.45) is 0 Å². The van der Waals surface area contributed by atoms with E-state index in [0.29, 0.717) is 6.61 Å². The molecule has 0 aliphatic carbocycles. The summed E-state index contributed by atoms with van der Waals surface area (Å²) in [5.41, 5.74) is 0.0788. The van der Waals surface area contributed by atoms with Crippen molar-refractivity contribution in [3.05, 3.63) is 35.4 Å². The van der Waals surface area contributed by atoms with Crippen LogP contribution < -0.4 is 5.32 Å². The number of hydrogen-bond acceptors (Lipinski definition) is 4. The Kier molecular flexibility index (Phi) is 10.8. The third-order valence-corrected chi connectivity index (χ3v) is 2.61. The van der Waals surface area contributed by atoms with E-state index < -0.39 is 11.9 Å². The Morgan fingerprint density at radius 3 is 2.10 bits per heavy atom. The minimum Gasteiger partial charge on any atom is -0.478 e. The van der Waals surface area contributed by atoms with Crippen molar-refractivity contribution in [3.63, 3.8) is 0 Å². The summed E-state index contributed by atoms with van der Waals surface area (Å²) < 4.78 is 4.96. The number of nitrogens with one attached hydrogen (secondary N) is 1. The standard InChI is InChI=1S/C12H14O4.C4H11N/c1-2-3-8-16-12(15)10-7-5-4-6-9(10)11(13)14;1-3-5-4-2/h4-7H,2-3,8H2,1H3,(H,13,14);5H,3-4H2,1-2H3. The number of carbonyl (C=O) groups is 2. The van der Waals surface area contributed by atoms with Crippen LogP contribution in [0, 0.1) is 0 Å². The molecule has 0 aromatic heterocycles. The van der Waals surface area contributed by atoms with Gasteiger partial charge in [0.1, 0.15) is 0 Å². The molecule has 1 aromatic carbocycles. The van der Waals surface area contributed by atoms with Crippen molar-refractivity contribution < 1.29 is 19.4 Å². The van der Waals surface area contributed by atoms with E-state index >= 15 is 0 Å². The molecule has 0 spiro atoms. The van der Waals surface area contributed by atoms with Gasteiger partial charge in [0.15, 0.2) is 0 Å². The van der Waals surface area contributed by atoms with Gasteiger partial charge in [-0.15, -0.1) is 0 Å². The fourth-order valence-corrected chi connectivity index (χ4v) is 1.48. The lowest BCUT2D eigenvalue weighted by molar-refractivity contribution is 0.0489. The molecule has 0 amide bonds. The molecule has 1 aromatic rings. The number of rotatable bonds is 7. The summed E-state index contributed by atoms with van der Waals surface area (Å²) in [6.45, 7) is 8.70. The number of hydrogen-bond donors (Lipinski definition) is 2. The van der Waals surface area contributed by atoms with Gasteiger partial charge in [-0.2, -0.15) is 0 Å². The van der Waals surface area contributed by atoms with Crippen molar-refractivity contribution in [2.45, 2.75) is 33.6 Å². The first kappa shape index (κ1) is 19.1. The number of esters is 1. The number of benzene rings is 1. The fourth-order valence-electron chi connectivity index (χ4n) is 1.48. The molecule has 118 valence electrons. The van der Waals surface area contributed by atoms with Crippen LogP contribution in [0.2, 0.25) is 0 Å². The maximum atomic E-state index is 11.6. The second-order valence-corrected chi connectivity index (χ2v) is 4.30. The van der Waals surface area contributed by atoms with Crippen LogP contribution in [0.15, 0.2) is 24.3 Å². The van der Waals surface area contributed by atoms with Crippen LogP contribution in [-0.2, 0) is 4.74 Å². The van der Waals surface area contributed by atoms with E-state index in [2.05, 4.69) is 19.2 Å². The van der Waals surface area contributed by atoms with E-state index in [1.165, 1.54) is 12.1 Å². The summed E-state index contributed by atoms with van der Waals surface area (Å²) >= 11 is 0. The van der Waals surface area contributed by atoms with E-state index in [-0.39, 0.29) is 11.1 Å². The summed E-state index contributed by atoms with van der Waals surface area (Å²) in [5, 5.41) is 12.0. The van der Waals surface area contributed by atoms with Crippen molar-refractivity contribution in [1.29, 1.82) is 0 Å². The average molecular weight is 295 g/mol. The molecule has 1 rings (SSSR count). The molecule has 0 aliphatic rings. The average Bonchev–Trinajstić information content (AvgIpc) is 2.49. The van der Waals surface area contributed by atoms with Gasteiger partial charge >= 0.3 is 11.9 Å². The van der Waals surface area contributed by atoms with Crippen LogP contribution in [0.4, 0.5) is 0 Å². The molecule has 0 saturated carbocycles. The molecule has 0 atom stereocenters. The van der Waals surface area contributed by atoms with E-state index in [9.17, 15) is 9.59 Å². The minimum absolute atomic E-state index is 0.0241. The SMILES string of the molecule is CCCCOC(=O)c1ccccc1C(=O)O.CCNCC. The van der Waals surface area contributed by atoms with Crippen LogP contribution >= 0.6 is 0 Å². The predicted molar refractivity (Wildman–Crippen MR) is 82.8 cm³/mol. The van der Waals surface area contributed by atoms with Gasteiger partial charge in [-0.05, 0) is 31.6 Å². The zero-order chi connectivity index (χ0) is 16.1. The molecule has 0 heterocycles. The van der Waals surface area contributed by atoms with E-state index in [1.807, 2.05) is 6.92 Å². The zero-order valence-electron chi connectivity index (χ0n) is 13.0. The number of carboxylic acid groups (broad SMARTS) is 1. The maximum Gasteiger partial charge on any atom is 0.339 e. The Labute approximate surface area is 126 Å². The Hall–Kier alpha value is -1.88. The lowest BCUT2D eigenvalue weighted by Crippen LogP contribution is -2.12. The number of unbranched alkanes of at least 4 members (excludes halogenated alkanes) is 1. The van der Waals surface area contributed by atoms with Gasteiger partial charge in [-0.1, -0.05) is 39.3 Å². The van der Waals surface area contributed by atoms with Crippen LogP contribution in [0.5, 0.6) is 0 Å². The molecule has 0 aliphatic heterocycles. The van der Waals surface area contributed by atoms with E-state index in [0.717, 1.165) is 25.9 Å². The van der Waals surface area contributed by atoms with Gasteiger partial charge in [0.25, 0.3) is 0 Å². The smallest absolute Gasteiger partial charge is 0.339 e. The Morgan fingerprint density at radius 1 is 1.10 bits per heavy atom. The summed E-state index contributed by atoms with van der Waals surface area (Å²) in [7, 11) is 0. The van der Waals surface area contributed by atoms with Gasteiger partial charge in [-0.3, -0.25) is 0 Å². The lowest BCUT2D eigenvalue weighted by atomic mass is 10.1. The number of aromatic carboxylic acids is 1. The van der Waals surface area contributed by atoms with Gasteiger partial charge < -0.3 is 15.2 Å². The Balaban J connectivity index is 0.000000690. The molecule has 0 radical (unpaired) electrons. The number of ether oxygens (including phenoxy) is 1. The minimum atomic E-state index is -1.12. The van der Waals surface area contributed by atoms with Crippen molar-refractivity contribution >= 4 is 11.9 Å². The molecular weight excluding hydrogens is 270 g/mol. The summed E-state index contributed by atoms with van der Waals surface area (Å²) in [6.07, 6.45) is 1.70. The highest BCUT2D eigenvalue weighted by Crippen LogP contribution is 2.10. The number of carboxylic acids is 1. The fraction of sp³-hybridized carbons (Fsp3) is 0.500. The quantitative estimate of drug-likeness (QED) is 0.597. The monoisotopic (exact) mass is 295 g/mol. The van der Waals surface area contributed by atoms with Gasteiger partial charge in [0.2, 0.25) is 0 Å². The number of carbonyl (C=O) groups excluding carboxylic acids is 1. The van der Waals surface area contributed by atoms with Crippen LogP contribution in [0.25, 0.3) is 0 Å². The molecule has 5 heteroatoms. The third-order valence-electron chi connectivity index (χ3n) is 2.61. The van der Waals surface area contributed by atoms with Gasteiger partial charge in [-0.25, -0.2) is 9.59 Å². The molecule has 21 heavy (non-hydrogen) atoms. The topological polar surface area (TPSA) is 75.6 Å². The van der Waals surface area contributed by atoms with E-state index in [1.54, 1.807) is 12.1 Å². The van der Waals surface area contributed by atoms with Crippen molar-refractivity contribution in [2.75, 3.05) is 19.7 Å². The van der Waals surface area contributed by atoms with E-state index in [4.69, 9.17) is 9.84 Å².